The smallest absolute Gasteiger partial charge is 0.00194 e. The quantitative estimate of drug-likeness (QED) is 0.211. The van der Waals surface area contributed by atoms with Crippen molar-refractivity contribution in [2.45, 2.75) is 187 Å². The van der Waals surface area contributed by atoms with Crippen molar-refractivity contribution in [2.75, 3.05) is 0 Å². The van der Waals surface area contributed by atoms with Crippen LogP contribution in [0.3, 0.4) is 0 Å². The molecule has 0 aromatic heterocycles. The third-order valence-electron chi connectivity index (χ3n) is 6.91. The Morgan fingerprint density at radius 1 is 0.861 bits per heavy atom. The summed E-state index contributed by atoms with van der Waals surface area (Å²) in [5.41, 5.74) is 1.50. The van der Waals surface area contributed by atoms with Gasteiger partial charge in [0, 0.05) is 5.25 Å². The van der Waals surface area contributed by atoms with Crippen LogP contribution in [0, 0.1) is 29.6 Å². The molecular formula is C35H78S. The van der Waals surface area contributed by atoms with Gasteiger partial charge in [-0.25, -0.2) is 0 Å². The predicted molar refractivity (Wildman–Crippen MR) is 180 cm³/mol. The van der Waals surface area contributed by atoms with Gasteiger partial charge < -0.3 is 0 Å². The van der Waals surface area contributed by atoms with E-state index in [0.29, 0.717) is 5.25 Å². The van der Waals surface area contributed by atoms with E-state index in [1.165, 1.54) is 76.2 Å². The highest BCUT2D eigenvalue weighted by Gasteiger charge is 2.29. The fourth-order valence-electron chi connectivity index (χ4n) is 4.01. The van der Waals surface area contributed by atoms with Crippen LogP contribution in [0.4, 0.5) is 0 Å². The zero-order valence-corrected chi connectivity index (χ0v) is 29.7. The van der Waals surface area contributed by atoms with Gasteiger partial charge in [-0.05, 0) is 75.5 Å². The molecule has 1 rings (SSSR count). The van der Waals surface area contributed by atoms with E-state index >= 15 is 0 Å². The molecule has 36 heavy (non-hydrogen) atoms. The summed E-state index contributed by atoms with van der Waals surface area (Å²) in [5.74, 6) is 4.64. The number of thiol groups is 1. The maximum Gasteiger partial charge on any atom is 0.00194 e. The van der Waals surface area contributed by atoms with Crippen LogP contribution in [-0.2, 0) is 0 Å². The van der Waals surface area contributed by atoms with Crippen LogP contribution in [0.2, 0.25) is 0 Å². The Labute approximate surface area is 240 Å². The molecule has 0 N–H and O–H groups in total. The highest BCUT2D eigenvalue weighted by Crippen LogP contribution is 2.39. The fourth-order valence-corrected chi connectivity index (χ4v) is 4.52. The summed E-state index contributed by atoms with van der Waals surface area (Å²) in [5, 5.41) is 0.639. The Hall–Kier alpha value is 0.0900. The van der Waals surface area contributed by atoms with Gasteiger partial charge in [-0.2, -0.15) is 12.6 Å². The number of allylic oxidation sites excluding steroid dienone is 2. The first-order valence-corrected chi connectivity index (χ1v) is 16.8. The zero-order chi connectivity index (χ0) is 29.5. The minimum atomic E-state index is 0.639. The molecule has 0 bridgehead atoms. The van der Waals surface area contributed by atoms with E-state index in [0.717, 1.165) is 29.6 Å². The minimum Gasteiger partial charge on any atom is -0.176 e. The standard InChI is InChI=1S/C16H32S.C7H14.C5H12.C3H8.2C2H6/c1-5-6-12(2)11-16(17)10-9-15-8-7-13(3)14(15)4;1-4-6-7(3)5-2;1-4-5(2)3;1-3-2;2*1-2/h12-17H,5-11H2,1-4H3;5H,4,6H2,1-3H3;5H,4H2,1-3H3;3H2,1-2H3;2*1-2H3/b;7-5+;;;;. The third-order valence-corrected chi connectivity index (χ3v) is 7.38. The summed E-state index contributed by atoms with van der Waals surface area (Å²) in [6, 6.07) is 0. The van der Waals surface area contributed by atoms with Gasteiger partial charge >= 0.3 is 0 Å². The van der Waals surface area contributed by atoms with E-state index < -0.39 is 0 Å². The normalized spacial score (nSPS) is 19.9. The minimum absolute atomic E-state index is 0.639. The molecule has 0 nitrogen and oxygen atoms in total. The second-order valence-corrected chi connectivity index (χ2v) is 11.7. The van der Waals surface area contributed by atoms with E-state index in [2.05, 4.69) is 89.2 Å². The van der Waals surface area contributed by atoms with E-state index in [1.807, 2.05) is 27.7 Å². The van der Waals surface area contributed by atoms with Gasteiger partial charge in [0.25, 0.3) is 0 Å². The first-order chi connectivity index (χ1) is 17.0. The number of rotatable bonds is 10. The first-order valence-electron chi connectivity index (χ1n) is 16.3. The highest BCUT2D eigenvalue weighted by atomic mass is 32.1. The van der Waals surface area contributed by atoms with Gasteiger partial charge in [-0.1, -0.05) is 147 Å². The average molecular weight is 531 g/mol. The van der Waals surface area contributed by atoms with Crippen LogP contribution >= 0.6 is 12.6 Å². The molecule has 0 aromatic rings. The van der Waals surface area contributed by atoms with Crippen LogP contribution in [0.5, 0.6) is 0 Å². The van der Waals surface area contributed by atoms with Gasteiger partial charge in [0.1, 0.15) is 0 Å². The molecule has 1 fully saturated rings. The SMILES string of the molecule is C/C=C(\C)CCC.CC.CC.CCC.CCC(C)C.CCCC(C)CC(S)CCC1CCC(C)C1C. The van der Waals surface area contributed by atoms with Crippen molar-refractivity contribution in [3.05, 3.63) is 11.6 Å². The second kappa shape index (κ2) is 37.2. The summed E-state index contributed by atoms with van der Waals surface area (Å²) in [7, 11) is 0. The Balaban J connectivity index is -0.000000140. The molecule has 5 unspecified atom stereocenters. The van der Waals surface area contributed by atoms with Crippen molar-refractivity contribution in [1.82, 2.24) is 0 Å². The van der Waals surface area contributed by atoms with Gasteiger partial charge in [0.15, 0.2) is 0 Å². The van der Waals surface area contributed by atoms with Crippen molar-refractivity contribution in [3.8, 4) is 0 Å². The van der Waals surface area contributed by atoms with Crippen molar-refractivity contribution >= 4 is 12.6 Å². The monoisotopic (exact) mass is 531 g/mol. The molecule has 0 amide bonds. The highest BCUT2D eigenvalue weighted by molar-refractivity contribution is 7.80. The Kier molecular flexibility index (Phi) is 47.6. The maximum atomic E-state index is 4.79. The Morgan fingerprint density at radius 3 is 1.61 bits per heavy atom. The summed E-state index contributed by atoms with van der Waals surface area (Å²) < 4.78 is 0. The fraction of sp³-hybridized carbons (Fsp3) is 0.943. The van der Waals surface area contributed by atoms with Crippen molar-refractivity contribution in [1.29, 1.82) is 0 Å². The number of hydrogen-bond acceptors (Lipinski definition) is 1. The van der Waals surface area contributed by atoms with Gasteiger partial charge in [0.05, 0.1) is 0 Å². The van der Waals surface area contributed by atoms with Crippen LogP contribution in [0.25, 0.3) is 0 Å². The lowest BCUT2D eigenvalue weighted by molar-refractivity contribution is 0.327. The second-order valence-electron chi connectivity index (χ2n) is 10.9. The molecule has 1 aliphatic rings. The summed E-state index contributed by atoms with van der Waals surface area (Å²) in [6.07, 6.45) is 16.9. The lowest BCUT2D eigenvalue weighted by Crippen LogP contribution is -2.12. The molecule has 0 aliphatic heterocycles. The van der Waals surface area contributed by atoms with Gasteiger partial charge in [0.2, 0.25) is 0 Å². The molecule has 0 radical (unpaired) electrons. The molecular weight excluding hydrogens is 452 g/mol. The first kappa shape index (κ1) is 46.0. The van der Waals surface area contributed by atoms with E-state index in [1.54, 1.807) is 0 Å². The third kappa shape index (κ3) is 36.2. The number of hydrogen-bond donors (Lipinski definition) is 1. The van der Waals surface area contributed by atoms with Crippen LogP contribution in [0.15, 0.2) is 11.6 Å². The van der Waals surface area contributed by atoms with E-state index in [4.69, 9.17) is 12.6 Å². The summed E-state index contributed by atoms with van der Waals surface area (Å²) in [6.45, 7) is 34.9. The predicted octanol–water partition coefficient (Wildman–Crippen LogP) is 13.8. The summed E-state index contributed by atoms with van der Waals surface area (Å²) in [4.78, 5) is 0. The molecule has 5 atom stereocenters. The molecule has 0 spiro atoms. The largest absolute Gasteiger partial charge is 0.176 e. The maximum absolute atomic E-state index is 4.79. The Bertz CT molecular complexity index is 384. The molecule has 1 saturated carbocycles. The molecule has 0 saturated heterocycles. The molecule has 0 aromatic carbocycles. The Morgan fingerprint density at radius 2 is 1.33 bits per heavy atom. The average Bonchev–Trinajstić information content (AvgIpc) is 3.19. The van der Waals surface area contributed by atoms with Crippen molar-refractivity contribution in [3.63, 3.8) is 0 Å². The summed E-state index contributed by atoms with van der Waals surface area (Å²) >= 11 is 4.79. The van der Waals surface area contributed by atoms with Gasteiger partial charge in [-0.15, -0.1) is 0 Å². The lowest BCUT2D eigenvalue weighted by atomic mass is 9.87. The van der Waals surface area contributed by atoms with E-state index in [-0.39, 0.29) is 0 Å². The lowest BCUT2D eigenvalue weighted by Gasteiger charge is -2.21. The van der Waals surface area contributed by atoms with Crippen LogP contribution in [-0.4, -0.2) is 5.25 Å². The topological polar surface area (TPSA) is 0 Å². The zero-order valence-electron chi connectivity index (χ0n) is 28.8. The van der Waals surface area contributed by atoms with Crippen LogP contribution in [0.1, 0.15) is 181 Å². The molecule has 224 valence electrons. The van der Waals surface area contributed by atoms with Crippen molar-refractivity contribution < 1.29 is 0 Å². The van der Waals surface area contributed by atoms with Crippen LogP contribution < -0.4 is 0 Å². The molecule has 0 heterocycles. The molecule has 1 aliphatic carbocycles. The van der Waals surface area contributed by atoms with Gasteiger partial charge in [-0.3, -0.25) is 0 Å². The van der Waals surface area contributed by atoms with Crippen molar-refractivity contribution in [2.24, 2.45) is 29.6 Å². The van der Waals surface area contributed by atoms with E-state index in [9.17, 15) is 0 Å². The molecule has 1 heteroatoms.